The lowest BCUT2D eigenvalue weighted by atomic mass is 10.0. The van der Waals surface area contributed by atoms with E-state index in [4.69, 9.17) is 21.7 Å². The number of nitrogens with zero attached hydrogens (tertiary/aromatic N) is 1. The van der Waals surface area contributed by atoms with E-state index in [0.717, 1.165) is 27.7 Å². The molecule has 3 aromatic rings. The molecule has 0 aliphatic carbocycles. The van der Waals surface area contributed by atoms with Crippen LogP contribution in [0.4, 0.5) is 0 Å². The first-order valence-electron chi connectivity index (χ1n) is 9.22. The molecule has 0 fully saturated rings. The van der Waals surface area contributed by atoms with Crippen molar-refractivity contribution >= 4 is 58.0 Å². The molecule has 3 rings (SSSR count). The van der Waals surface area contributed by atoms with Gasteiger partial charge < -0.3 is 10.2 Å². The maximum Gasteiger partial charge on any atom is 0.304 e. The predicted molar refractivity (Wildman–Crippen MR) is 124 cm³/mol. The summed E-state index contributed by atoms with van der Waals surface area (Å²) in [6, 6.07) is 17.3. The van der Waals surface area contributed by atoms with Crippen LogP contribution < -0.4 is 0 Å². The first-order chi connectivity index (χ1) is 14.4. The first-order valence-corrected chi connectivity index (χ1v) is 11.8. The van der Waals surface area contributed by atoms with Gasteiger partial charge in [0.2, 0.25) is 0 Å². The molecule has 0 saturated heterocycles. The molecule has 2 aromatic carbocycles. The van der Waals surface area contributed by atoms with E-state index in [9.17, 15) is 14.7 Å². The monoisotopic (exact) mass is 461 g/mol. The van der Waals surface area contributed by atoms with Crippen LogP contribution in [0.15, 0.2) is 54.6 Å². The number of benzene rings is 2. The number of carboxylic acid groups (broad SMARTS) is 2. The van der Waals surface area contributed by atoms with Crippen LogP contribution in [0.5, 0.6) is 0 Å². The van der Waals surface area contributed by atoms with E-state index in [1.54, 1.807) is 0 Å². The zero-order valence-corrected chi connectivity index (χ0v) is 18.3. The van der Waals surface area contributed by atoms with Crippen molar-refractivity contribution in [2.24, 2.45) is 0 Å². The largest absolute Gasteiger partial charge is 0.481 e. The van der Waals surface area contributed by atoms with E-state index in [2.05, 4.69) is 0 Å². The van der Waals surface area contributed by atoms with Gasteiger partial charge in [0.15, 0.2) is 0 Å². The molecule has 5 nitrogen and oxygen atoms in total. The fraction of sp³-hybridized carbons (Fsp3) is 0.227. The lowest BCUT2D eigenvalue weighted by Gasteiger charge is -2.16. The smallest absolute Gasteiger partial charge is 0.304 e. The van der Waals surface area contributed by atoms with Crippen molar-refractivity contribution in [1.29, 1.82) is 0 Å². The third-order valence-corrected chi connectivity index (χ3v) is 7.16. The zero-order chi connectivity index (χ0) is 21.5. The zero-order valence-electron chi connectivity index (χ0n) is 16.0. The normalized spacial score (nSPS) is 12.0. The molecule has 0 saturated carbocycles. The summed E-state index contributed by atoms with van der Waals surface area (Å²) in [5.74, 6) is -1.19. The fourth-order valence-corrected chi connectivity index (χ4v) is 5.53. The molecule has 2 N–H and O–H groups in total. The number of carbonyl (C=O) groups is 2. The minimum Gasteiger partial charge on any atom is -0.481 e. The molecule has 0 amide bonds. The number of pyridine rings is 1. The van der Waals surface area contributed by atoms with E-state index >= 15 is 0 Å². The van der Waals surface area contributed by atoms with E-state index in [1.807, 2.05) is 54.6 Å². The van der Waals surface area contributed by atoms with Gasteiger partial charge >= 0.3 is 11.9 Å². The number of rotatable bonds is 10. The van der Waals surface area contributed by atoms with Crippen molar-refractivity contribution in [2.75, 3.05) is 10.8 Å². The van der Waals surface area contributed by atoms with Gasteiger partial charge in [-0.3, -0.25) is 9.59 Å². The topological polar surface area (TPSA) is 87.5 Å². The Hall–Kier alpha value is -2.22. The highest BCUT2D eigenvalue weighted by Crippen LogP contribution is 2.36. The summed E-state index contributed by atoms with van der Waals surface area (Å²) in [6.07, 6.45) is 0.0936. The average molecular weight is 462 g/mol. The lowest BCUT2D eigenvalue weighted by molar-refractivity contribution is -0.137. The Balaban J connectivity index is 1.79. The van der Waals surface area contributed by atoms with Crippen molar-refractivity contribution in [3.8, 4) is 11.3 Å². The molecule has 0 radical (unpaired) electrons. The fourth-order valence-electron chi connectivity index (χ4n) is 2.93. The summed E-state index contributed by atoms with van der Waals surface area (Å²) >= 11 is 9.10. The summed E-state index contributed by atoms with van der Waals surface area (Å²) in [5.41, 5.74) is 3.41. The van der Waals surface area contributed by atoms with Gasteiger partial charge in [0, 0.05) is 32.1 Å². The Morgan fingerprint density at radius 1 is 1.03 bits per heavy atom. The quantitative estimate of drug-likeness (QED) is 0.284. The summed E-state index contributed by atoms with van der Waals surface area (Å²) in [4.78, 5) is 26.7. The second-order valence-electron chi connectivity index (χ2n) is 6.58. The molecule has 30 heavy (non-hydrogen) atoms. The maximum absolute atomic E-state index is 11.4. The average Bonchev–Trinajstić information content (AvgIpc) is 2.71. The molecule has 0 spiro atoms. The van der Waals surface area contributed by atoms with Crippen LogP contribution >= 0.6 is 35.1 Å². The number of hydrogen-bond donors (Lipinski definition) is 2. The Morgan fingerprint density at radius 3 is 2.60 bits per heavy atom. The van der Waals surface area contributed by atoms with Gasteiger partial charge in [-0.2, -0.15) is 11.8 Å². The minimum absolute atomic E-state index is 0.00559. The van der Waals surface area contributed by atoms with Gasteiger partial charge in [-0.25, -0.2) is 4.98 Å². The van der Waals surface area contributed by atoms with Gasteiger partial charge in [-0.05, 0) is 29.8 Å². The molecular weight excluding hydrogens is 442 g/mol. The number of carboxylic acids is 2. The number of fused-ring (bicyclic) bond motifs is 1. The standard InChI is InChI=1S/C22H20ClNO4S2/c23-17-6-4-14-5-7-18(24-19(14)11-17)15-2-1-3-16(10-15)20(12-22(27)28)30-13-29-9-8-21(25)26/h1-7,10-11,20H,8-9,12-13H2,(H,25,26)(H,27,28). The molecule has 8 heteroatoms. The summed E-state index contributed by atoms with van der Waals surface area (Å²) in [6.45, 7) is 0. The number of thioether (sulfide) groups is 2. The Bertz CT molecular complexity index is 1060. The highest BCUT2D eigenvalue weighted by atomic mass is 35.5. The summed E-state index contributed by atoms with van der Waals surface area (Å²) in [5, 5.41) is 20.1. The minimum atomic E-state index is -0.869. The molecule has 156 valence electrons. The second kappa shape index (κ2) is 10.7. The van der Waals surface area contributed by atoms with Crippen LogP contribution in [0.25, 0.3) is 22.2 Å². The second-order valence-corrected chi connectivity index (χ2v) is 9.68. The molecule has 1 aromatic heterocycles. The Labute approximate surface area is 187 Å². The van der Waals surface area contributed by atoms with Crippen molar-refractivity contribution in [3.05, 3.63) is 65.2 Å². The predicted octanol–water partition coefficient (Wildman–Crippen LogP) is 5.97. The molecule has 0 aliphatic heterocycles. The maximum atomic E-state index is 11.4. The van der Waals surface area contributed by atoms with E-state index in [-0.39, 0.29) is 18.1 Å². The highest BCUT2D eigenvalue weighted by Gasteiger charge is 2.17. The SMILES string of the molecule is O=C(O)CCSCSC(CC(=O)O)c1cccc(-c2ccc3ccc(Cl)cc3n2)c1. The highest BCUT2D eigenvalue weighted by molar-refractivity contribution is 8.16. The molecule has 0 aliphatic rings. The van der Waals surface area contributed by atoms with Gasteiger partial charge in [-0.1, -0.05) is 41.9 Å². The van der Waals surface area contributed by atoms with Crippen molar-refractivity contribution in [2.45, 2.75) is 18.1 Å². The molecule has 0 bridgehead atoms. The number of halogens is 1. The van der Waals surface area contributed by atoms with Crippen LogP contribution in [-0.2, 0) is 9.59 Å². The third-order valence-electron chi connectivity index (χ3n) is 4.38. The lowest BCUT2D eigenvalue weighted by Crippen LogP contribution is -2.04. The molecular formula is C22H20ClNO4S2. The van der Waals surface area contributed by atoms with Crippen LogP contribution in [0, 0.1) is 0 Å². The van der Waals surface area contributed by atoms with Crippen molar-refractivity contribution in [3.63, 3.8) is 0 Å². The van der Waals surface area contributed by atoms with Crippen molar-refractivity contribution in [1.82, 2.24) is 4.98 Å². The van der Waals surface area contributed by atoms with Gasteiger partial charge in [0.1, 0.15) is 0 Å². The molecule has 1 unspecified atom stereocenters. The molecule has 1 heterocycles. The summed E-state index contributed by atoms with van der Waals surface area (Å²) < 4.78 is 0. The van der Waals surface area contributed by atoms with Crippen LogP contribution in [-0.4, -0.2) is 38.0 Å². The first kappa shape index (κ1) is 22.5. The Morgan fingerprint density at radius 2 is 1.83 bits per heavy atom. The van der Waals surface area contributed by atoms with Crippen molar-refractivity contribution < 1.29 is 19.8 Å². The summed E-state index contributed by atoms with van der Waals surface area (Å²) in [7, 11) is 0. The van der Waals surface area contributed by atoms with Crippen LogP contribution in [0.1, 0.15) is 23.7 Å². The molecule has 1 atom stereocenters. The van der Waals surface area contributed by atoms with E-state index < -0.39 is 11.9 Å². The van der Waals surface area contributed by atoms with E-state index in [0.29, 0.717) is 15.9 Å². The Kier molecular flexibility index (Phi) is 8.01. The number of hydrogen-bond acceptors (Lipinski definition) is 5. The number of aliphatic carboxylic acids is 2. The van der Waals surface area contributed by atoms with Crippen LogP contribution in [0.3, 0.4) is 0 Å². The number of aromatic nitrogens is 1. The van der Waals surface area contributed by atoms with Gasteiger partial charge in [-0.15, -0.1) is 11.8 Å². The van der Waals surface area contributed by atoms with E-state index in [1.165, 1.54) is 23.5 Å². The third kappa shape index (κ3) is 6.39. The van der Waals surface area contributed by atoms with Gasteiger partial charge in [0.25, 0.3) is 0 Å². The van der Waals surface area contributed by atoms with Crippen LogP contribution in [0.2, 0.25) is 5.02 Å². The van der Waals surface area contributed by atoms with Gasteiger partial charge in [0.05, 0.1) is 24.1 Å².